The molecule has 0 aliphatic carbocycles. The van der Waals surface area contributed by atoms with Gasteiger partial charge in [0.1, 0.15) is 0 Å². The van der Waals surface area contributed by atoms with Crippen LogP contribution < -0.4 is 15.5 Å². The van der Waals surface area contributed by atoms with Crippen LogP contribution >= 0.6 is 0 Å². The van der Waals surface area contributed by atoms with E-state index in [-0.39, 0.29) is 5.91 Å². The Kier molecular flexibility index (Phi) is 8.39. The highest BCUT2D eigenvalue weighted by Gasteiger charge is 2.14. The third-order valence-electron chi connectivity index (χ3n) is 5.34. The van der Waals surface area contributed by atoms with Gasteiger partial charge in [0.15, 0.2) is 0 Å². The predicted molar refractivity (Wildman–Crippen MR) is 110 cm³/mol. The van der Waals surface area contributed by atoms with Crippen LogP contribution in [0.25, 0.3) is 0 Å². The van der Waals surface area contributed by atoms with Crippen LogP contribution in [0.4, 0.5) is 11.4 Å². The van der Waals surface area contributed by atoms with Crippen molar-refractivity contribution in [3.8, 4) is 0 Å². The second-order valence-electron chi connectivity index (χ2n) is 7.45. The minimum Gasteiger partial charge on any atom is -0.379 e. The SMILES string of the molecule is O=C(CNCCCN1CCOCC1)Nc1ccccc1N1CCCCCC1. The smallest absolute Gasteiger partial charge is 0.238 e. The van der Waals surface area contributed by atoms with Crippen LogP contribution in [0, 0.1) is 0 Å². The van der Waals surface area contributed by atoms with E-state index in [9.17, 15) is 4.79 Å². The van der Waals surface area contributed by atoms with Gasteiger partial charge in [-0.1, -0.05) is 25.0 Å². The fraction of sp³-hybridized carbons (Fsp3) is 0.667. The highest BCUT2D eigenvalue weighted by molar-refractivity contribution is 5.95. The number of morpholine rings is 1. The molecule has 6 heteroatoms. The first-order valence-electron chi connectivity index (χ1n) is 10.5. The summed E-state index contributed by atoms with van der Waals surface area (Å²) in [6.07, 6.45) is 6.12. The molecule has 0 saturated carbocycles. The van der Waals surface area contributed by atoms with Crippen LogP contribution in [0.15, 0.2) is 24.3 Å². The van der Waals surface area contributed by atoms with E-state index in [1.54, 1.807) is 0 Å². The van der Waals surface area contributed by atoms with Gasteiger partial charge in [-0.15, -0.1) is 0 Å². The number of carbonyl (C=O) groups excluding carboxylic acids is 1. The highest BCUT2D eigenvalue weighted by atomic mass is 16.5. The molecule has 150 valence electrons. The molecule has 1 aromatic rings. The van der Waals surface area contributed by atoms with Crippen molar-refractivity contribution in [3.63, 3.8) is 0 Å². The van der Waals surface area contributed by atoms with E-state index < -0.39 is 0 Å². The molecule has 0 radical (unpaired) electrons. The number of ether oxygens (including phenoxy) is 1. The minimum atomic E-state index is 0.0312. The molecule has 6 nitrogen and oxygen atoms in total. The topological polar surface area (TPSA) is 56.8 Å². The number of nitrogens with one attached hydrogen (secondary N) is 2. The molecule has 2 heterocycles. The first kappa shape index (κ1) is 20.1. The van der Waals surface area contributed by atoms with Crippen molar-refractivity contribution in [3.05, 3.63) is 24.3 Å². The molecule has 1 amide bonds. The maximum absolute atomic E-state index is 12.4. The van der Waals surface area contributed by atoms with Crippen molar-refractivity contribution >= 4 is 17.3 Å². The Labute approximate surface area is 163 Å². The normalized spacial score (nSPS) is 18.9. The lowest BCUT2D eigenvalue weighted by Crippen LogP contribution is -2.38. The van der Waals surface area contributed by atoms with E-state index in [0.29, 0.717) is 6.54 Å². The summed E-state index contributed by atoms with van der Waals surface area (Å²) in [5.41, 5.74) is 2.08. The summed E-state index contributed by atoms with van der Waals surface area (Å²) >= 11 is 0. The molecule has 0 bridgehead atoms. The zero-order chi connectivity index (χ0) is 18.7. The highest BCUT2D eigenvalue weighted by Crippen LogP contribution is 2.27. The maximum atomic E-state index is 12.4. The Bertz CT molecular complexity index is 567. The number of anilines is 2. The van der Waals surface area contributed by atoms with E-state index in [0.717, 1.165) is 70.3 Å². The molecular weight excluding hydrogens is 340 g/mol. The van der Waals surface area contributed by atoms with Crippen molar-refractivity contribution in [2.75, 3.05) is 69.2 Å². The third-order valence-corrected chi connectivity index (χ3v) is 5.34. The zero-order valence-electron chi connectivity index (χ0n) is 16.4. The van der Waals surface area contributed by atoms with Gasteiger partial charge in [-0.3, -0.25) is 9.69 Å². The number of amides is 1. The number of benzene rings is 1. The van der Waals surface area contributed by atoms with Gasteiger partial charge >= 0.3 is 0 Å². The Morgan fingerprint density at radius 3 is 2.52 bits per heavy atom. The predicted octanol–water partition coefficient (Wildman–Crippen LogP) is 2.32. The zero-order valence-corrected chi connectivity index (χ0v) is 16.4. The Balaban J connectivity index is 1.39. The van der Waals surface area contributed by atoms with Gasteiger partial charge in [0.25, 0.3) is 0 Å². The van der Waals surface area contributed by atoms with E-state index in [4.69, 9.17) is 4.74 Å². The first-order chi connectivity index (χ1) is 13.3. The Morgan fingerprint density at radius 2 is 1.74 bits per heavy atom. The average molecular weight is 375 g/mol. The monoisotopic (exact) mass is 374 g/mol. The van der Waals surface area contributed by atoms with Crippen molar-refractivity contribution in [2.24, 2.45) is 0 Å². The van der Waals surface area contributed by atoms with Crippen LogP contribution in [0.2, 0.25) is 0 Å². The Morgan fingerprint density at radius 1 is 1.00 bits per heavy atom. The largest absolute Gasteiger partial charge is 0.379 e. The lowest BCUT2D eigenvalue weighted by Gasteiger charge is -2.26. The third kappa shape index (κ3) is 6.79. The van der Waals surface area contributed by atoms with Crippen molar-refractivity contribution in [2.45, 2.75) is 32.1 Å². The summed E-state index contributed by atoms with van der Waals surface area (Å²) in [5, 5.41) is 6.37. The Hall–Kier alpha value is -1.63. The molecular formula is C21H34N4O2. The van der Waals surface area contributed by atoms with Gasteiger partial charge in [0, 0.05) is 26.2 Å². The minimum absolute atomic E-state index is 0.0312. The fourth-order valence-electron chi connectivity index (χ4n) is 3.82. The number of rotatable bonds is 8. The lowest BCUT2D eigenvalue weighted by atomic mass is 10.2. The summed E-state index contributed by atoms with van der Waals surface area (Å²) < 4.78 is 5.36. The quantitative estimate of drug-likeness (QED) is 0.684. The summed E-state index contributed by atoms with van der Waals surface area (Å²) in [4.78, 5) is 17.2. The molecule has 2 aliphatic heterocycles. The molecule has 3 rings (SSSR count). The van der Waals surface area contributed by atoms with Crippen molar-refractivity contribution in [1.82, 2.24) is 10.2 Å². The molecule has 2 fully saturated rings. The van der Waals surface area contributed by atoms with Crippen LogP contribution in [0.1, 0.15) is 32.1 Å². The lowest BCUT2D eigenvalue weighted by molar-refractivity contribution is -0.115. The molecule has 0 atom stereocenters. The fourth-order valence-corrected chi connectivity index (χ4v) is 3.82. The second kappa shape index (κ2) is 11.3. The van der Waals surface area contributed by atoms with E-state index in [1.807, 2.05) is 12.1 Å². The van der Waals surface area contributed by atoms with E-state index >= 15 is 0 Å². The number of carbonyl (C=O) groups is 1. The molecule has 27 heavy (non-hydrogen) atoms. The van der Waals surface area contributed by atoms with Gasteiger partial charge in [0.2, 0.25) is 5.91 Å². The van der Waals surface area contributed by atoms with Crippen LogP contribution in [0.5, 0.6) is 0 Å². The van der Waals surface area contributed by atoms with Gasteiger partial charge in [-0.25, -0.2) is 0 Å². The van der Waals surface area contributed by atoms with Gasteiger partial charge in [-0.05, 0) is 44.5 Å². The molecule has 0 aromatic heterocycles. The summed E-state index contributed by atoms with van der Waals surface area (Å²) in [6, 6.07) is 8.18. The van der Waals surface area contributed by atoms with Gasteiger partial charge in [0.05, 0.1) is 31.1 Å². The van der Waals surface area contributed by atoms with Crippen molar-refractivity contribution in [1.29, 1.82) is 0 Å². The molecule has 2 N–H and O–H groups in total. The number of para-hydroxylation sites is 2. The van der Waals surface area contributed by atoms with Crippen LogP contribution in [-0.2, 0) is 9.53 Å². The first-order valence-corrected chi connectivity index (χ1v) is 10.5. The van der Waals surface area contributed by atoms with E-state index in [1.165, 1.54) is 25.7 Å². The van der Waals surface area contributed by atoms with Crippen molar-refractivity contribution < 1.29 is 9.53 Å². The summed E-state index contributed by atoms with van der Waals surface area (Å²) in [7, 11) is 0. The summed E-state index contributed by atoms with van der Waals surface area (Å²) in [5.74, 6) is 0.0312. The maximum Gasteiger partial charge on any atom is 0.238 e. The average Bonchev–Trinajstić information content (AvgIpc) is 2.98. The van der Waals surface area contributed by atoms with E-state index in [2.05, 4.69) is 32.6 Å². The number of nitrogens with zero attached hydrogens (tertiary/aromatic N) is 2. The standard InChI is InChI=1S/C21H34N4O2/c26-21(18-22-10-7-11-24-14-16-27-17-15-24)23-19-8-3-4-9-20(19)25-12-5-1-2-6-13-25/h3-4,8-9,22H,1-2,5-7,10-18H2,(H,23,26). The molecule has 2 aliphatic rings. The van der Waals surface area contributed by atoms with Crippen LogP contribution in [-0.4, -0.2) is 69.8 Å². The molecule has 0 spiro atoms. The number of hydrogen-bond acceptors (Lipinski definition) is 5. The van der Waals surface area contributed by atoms with Gasteiger partial charge < -0.3 is 20.3 Å². The molecule has 0 unspecified atom stereocenters. The second-order valence-corrected chi connectivity index (χ2v) is 7.45. The number of hydrogen-bond donors (Lipinski definition) is 2. The molecule has 2 saturated heterocycles. The van der Waals surface area contributed by atoms with Gasteiger partial charge in [-0.2, -0.15) is 0 Å². The van der Waals surface area contributed by atoms with Crippen LogP contribution in [0.3, 0.4) is 0 Å². The molecule has 1 aromatic carbocycles. The summed E-state index contributed by atoms with van der Waals surface area (Å²) in [6.45, 7) is 8.16.